The van der Waals surface area contributed by atoms with Gasteiger partial charge in [-0.2, -0.15) is 0 Å². The summed E-state index contributed by atoms with van der Waals surface area (Å²) >= 11 is 5.84. The molecular weight excluding hydrogens is 292 g/mol. The Morgan fingerprint density at radius 1 is 1.48 bits per heavy atom. The highest BCUT2D eigenvalue weighted by Gasteiger charge is 2.29. The van der Waals surface area contributed by atoms with Gasteiger partial charge in [0.2, 0.25) is 0 Å². The third-order valence-corrected chi connectivity index (χ3v) is 3.94. The molecule has 6 heteroatoms. The van der Waals surface area contributed by atoms with Gasteiger partial charge < -0.3 is 15.3 Å². The summed E-state index contributed by atoms with van der Waals surface area (Å²) < 4.78 is 0. The first-order valence-corrected chi connectivity index (χ1v) is 7.39. The Labute approximate surface area is 128 Å². The van der Waals surface area contributed by atoms with E-state index in [9.17, 15) is 14.7 Å². The molecule has 2 N–H and O–H groups in total. The second kappa shape index (κ2) is 6.91. The maximum absolute atomic E-state index is 12.2. The Balaban J connectivity index is 1.97. The van der Waals surface area contributed by atoms with Gasteiger partial charge in [-0.3, -0.25) is 9.59 Å². The van der Waals surface area contributed by atoms with Crippen LogP contribution in [-0.2, 0) is 9.59 Å². The summed E-state index contributed by atoms with van der Waals surface area (Å²) in [7, 11) is 0. The number of likely N-dealkylation sites (tertiary alicyclic amines) is 1. The van der Waals surface area contributed by atoms with E-state index in [0.29, 0.717) is 23.8 Å². The summed E-state index contributed by atoms with van der Waals surface area (Å²) in [6.07, 6.45) is 1.19. The van der Waals surface area contributed by atoms with Crippen LogP contribution in [0.2, 0.25) is 5.02 Å². The van der Waals surface area contributed by atoms with Crippen molar-refractivity contribution in [3.8, 4) is 0 Å². The van der Waals surface area contributed by atoms with E-state index in [1.54, 1.807) is 31.2 Å². The molecular formula is C15H19ClN2O3. The molecule has 2 rings (SSSR count). The number of nitrogens with zero attached hydrogens (tertiary/aromatic N) is 1. The van der Waals surface area contributed by atoms with Crippen LogP contribution in [0.4, 0.5) is 5.69 Å². The minimum atomic E-state index is -0.677. The van der Waals surface area contributed by atoms with E-state index in [4.69, 9.17) is 11.6 Å². The molecule has 2 amide bonds. The fourth-order valence-electron chi connectivity index (χ4n) is 2.48. The van der Waals surface area contributed by atoms with Crippen LogP contribution in [0.3, 0.4) is 0 Å². The van der Waals surface area contributed by atoms with E-state index in [0.717, 1.165) is 12.8 Å². The molecule has 1 aromatic rings. The lowest BCUT2D eigenvalue weighted by atomic mass is 9.93. The molecule has 0 aliphatic carbocycles. The highest BCUT2D eigenvalue weighted by Crippen LogP contribution is 2.20. The fourth-order valence-corrected chi connectivity index (χ4v) is 2.67. The monoisotopic (exact) mass is 310 g/mol. The predicted octanol–water partition coefficient (Wildman–Crippen LogP) is 1.90. The third-order valence-electron chi connectivity index (χ3n) is 3.70. The summed E-state index contributed by atoms with van der Waals surface area (Å²) in [5.74, 6) is -1.22. The first-order valence-electron chi connectivity index (χ1n) is 7.01. The number of nitrogens with one attached hydrogen (secondary N) is 1. The number of aliphatic hydroxyl groups excluding tert-OH is 1. The minimum Gasteiger partial charge on any atom is -0.393 e. The smallest absolute Gasteiger partial charge is 0.313 e. The molecule has 0 radical (unpaired) electrons. The van der Waals surface area contributed by atoms with Crippen molar-refractivity contribution in [2.24, 2.45) is 5.92 Å². The predicted molar refractivity (Wildman–Crippen MR) is 81.1 cm³/mol. The van der Waals surface area contributed by atoms with Gasteiger partial charge in [-0.25, -0.2) is 0 Å². The quantitative estimate of drug-likeness (QED) is 0.820. The van der Waals surface area contributed by atoms with E-state index in [2.05, 4.69) is 5.32 Å². The van der Waals surface area contributed by atoms with Crippen molar-refractivity contribution in [3.05, 3.63) is 29.3 Å². The fraction of sp³-hybridized carbons (Fsp3) is 0.467. The summed E-state index contributed by atoms with van der Waals surface area (Å²) in [6.45, 7) is 2.68. The number of hydrogen-bond donors (Lipinski definition) is 2. The van der Waals surface area contributed by atoms with Crippen molar-refractivity contribution in [1.29, 1.82) is 0 Å². The zero-order chi connectivity index (χ0) is 15.4. The van der Waals surface area contributed by atoms with Crippen LogP contribution in [0.5, 0.6) is 0 Å². The lowest BCUT2D eigenvalue weighted by molar-refractivity contribution is -0.144. The summed E-state index contributed by atoms with van der Waals surface area (Å²) in [4.78, 5) is 25.6. The van der Waals surface area contributed by atoms with Crippen LogP contribution < -0.4 is 5.32 Å². The number of amides is 2. The van der Waals surface area contributed by atoms with Gasteiger partial charge in [0.1, 0.15) is 0 Å². The number of anilines is 1. The lowest BCUT2D eigenvalue weighted by Gasteiger charge is -2.33. The lowest BCUT2D eigenvalue weighted by Crippen LogP contribution is -2.47. The van der Waals surface area contributed by atoms with Crippen LogP contribution in [-0.4, -0.2) is 41.0 Å². The van der Waals surface area contributed by atoms with E-state index >= 15 is 0 Å². The third kappa shape index (κ3) is 4.19. The second-order valence-corrected chi connectivity index (χ2v) is 5.79. The average molecular weight is 311 g/mol. The second-order valence-electron chi connectivity index (χ2n) is 5.36. The van der Waals surface area contributed by atoms with Crippen LogP contribution in [0.15, 0.2) is 24.3 Å². The molecule has 0 spiro atoms. The van der Waals surface area contributed by atoms with Crippen molar-refractivity contribution in [2.45, 2.75) is 25.9 Å². The molecule has 114 valence electrons. The summed E-state index contributed by atoms with van der Waals surface area (Å²) in [6, 6.07) is 6.65. The number of benzene rings is 1. The molecule has 2 unspecified atom stereocenters. The molecule has 0 bridgehead atoms. The van der Waals surface area contributed by atoms with Gasteiger partial charge in [0.15, 0.2) is 0 Å². The number of carbonyl (C=O) groups is 2. The van der Waals surface area contributed by atoms with Crippen molar-refractivity contribution in [3.63, 3.8) is 0 Å². The summed E-state index contributed by atoms with van der Waals surface area (Å²) in [5, 5.41) is 12.7. The Kier molecular flexibility index (Phi) is 5.20. The van der Waals surface area contributed by atoms with E-state index < -0.39 is 17.9 Å². The van der Waals surface area contributed by atoms with Crippen molar-refractivity contribution < 1.29 is 14.7 Å². The van der Waals surface area contributed by atoms with Gasteiger partial charge in [-0.1, -0.05) is 17.7 Å². The highest BCUT2D eigenvalue weighted by atomic mass is 35.5. The molecule has 2 atom stereocenters. The molecule has 1 aromatic carbocycles. The zero-order valence-corrected chi connectivity index (χ0v) is 12.6. The number of hydrogen-bond acceptors (Lipinski definition) is 3. The minimum absolute atomic E-state index is 0.0293. The SMILES string of the molecule is CC(O)C1CCCN(C(=O)C(=O)Nc2cccc(Cl)c2)C1. The number of carbonyl (C=O) groups excluding carboxylic acids is 2. The molecule has 1 saturated heterocycles. The van der Waals surface area contributed by atoms with E-state index in [1.807, 2.05) is 0 Å². The largest absolute Gasteiger partial charge is 0.393 e. The molecule has 21 heavy (non-hydrogen) atoms. The Morgan fingerprint density at radius 3 is 2.90 bits per heavy atom. The Bertz CT molecular complexity index is 533. The molecule has 0 saturated carbocycles. The Hall–Kier alpha value is -1.59. The highest BCUT2D eigenvalue weighted by molar-refractivity contribution is 6.39. The van der Waals surface area contributed by atoms with Crippen LogP contribution >= 0.6 is 11.6 Å². The van der Waals surface area contributed by atoms with Gasteiger partial charge in [-0.05, 0) is 38.0 Å². The van der Waals surface area contributed by atoms with E-state index in [1.165, 1.54) is 4.90 Å². The van der Waals surface area contributed by atoms with Crippen molar-refractivity contribution >= 4 is 29.1 Å². The normalized spacial score (nSPS) is 20.0. The number of aliphatic hydroxyl groups is 1. The maximum atomic E-state index is 12.2. The van der Waals surface area contributed by atoms with Gasteiger partial charge in [0.05, 0.1) is 6.10 Å². The standard InChI is InChI=1S/C15H19ClN2O3/c1-10(19)11-4-3-7-18(9-11)15(21)14(20)17-13-6-2-5-12(16)8-13/h2,5-6,8,10-11,19H,3-4,7,9H2,1H3,(H,17,20). The Morgan fingerprint density at radius 2 is 2.24 bits per heavy atom. The maximum Gasteiger partial charge on any atom is 0.313 e. The van der Waals surface area contributed by atoms with Crippen molar-refractivity contribution in [2.75, 3.05) is 18.4 Å². The number of rotatable bonds is 2. The molecule has 1 aliphatic heterocycles. The summed E-state index contributed by atoms with van der Waals surface area (Å²) in [5.41, 5.74) is 0.491. The molecule has 1 heterocycles. The van der Waals surface area contributed by atoms with Gasteiger partial charge in [0.25, 0.3) is 0 Å². The van der Waals surface area contributed by atoms with Gasteiger partial charge >= 0.3 is 11.8 Å². The van der Waals surface area contributed by atoms with E-state index in [-0.39, 0.29) is 5.92 Å². The molecule has 1 fully saturated rings. The zero-order valence-electron chi connectivity index (χ0n) is 11.9. The van der Waals surface area contributed by atoms with Crippen LogP contribution in [0, 0.1) is 5.92 Å². The number of halogens is 1. The first kappa shape index (κ1) is 15.8. The molecule has 5 nitrogen and oxygen atoms in total. The topological polar surface area (TPSA) is 69.6 Å². The molecule has 1 aliphatic rings. The van der Waals surface area contributed by atoms with Gasteiger partial charge in [-0.15, -0.1) is 0 Å². The van der Waals surface area contributed by atoms with Gasteiger partial charge in [0, 0.05) is 29.7 Å². The van der Waals surface area contributed by atoms with Crippen LogP contribution in [0.25, 0.3) is 0 Å². The first-order chi connectivity index (χ1) is 9.97. The van der Waals surface area contributed by atoms with Crippen molar-refractivity contribution in [1.82, 2.24) is 4.90 Å². The molecule has 0 aromatic heterocycles. The average Bonchev–Trinajstić information content (AvgIpc) is 2.46. The number of piperidine rings is 1. The van der Waals surface area contributed by atoms with Crippen LogP contribution in [0.1, 0.15) is 19.8 Å².